The topological polar surface area (TPSA) is 26.3 Å². The lowest BCUT2D eigenvalue weighted by molar-refractivity contribution is -0.136. The van der Waals surface area contributed by atoms with Crippen LogP contribution in [0.5, 0.6) is 0 Å². The maximum Gasteiger partial charge on any atom is 0.331 e. The first-order valence-electron chi connectivity index (χ1n) is 4.43. The zero-order valence-electron chi connectivity index (χ0n) is 8.15. The van der Waals surface area contributed by atoms with Gasteiger partial charge in [-0.3, -0.25) is 0 Å². The molecule has 0 radical (unpaired) electrons. The summed E-state index contributed by atoms with van der Waals surface area (Å²) in [4.78, 5) is 11.1. The van der Waals surface area contributed by atoms with Gasteiger partial charge in [-0.05, 0) is 23.8 Å². The van der Waals surface area contributed by atoms with E-state index in [2.05, 4.69) is 6.58 Å². The van der Waals surface area contributed by atoms with E-state index >= 15 is 0 Å². The first-order valence-corrected chi connectivity index (χ1v) is 4.81. The molecule has 3 heteroatoms. The number of benzene rings is 1. The Morgan fingerprint density at radius 3 is 3.00 bits per heavy atom. The summed E-state index contributed by atoms with van der Waals surface area (Å²) in [5.74, 6) is -0.394. The summed E-state index contributed by atoms with van der Waals surface area (Å²) >= 11 is 5.78. The molecular weight excluding hydrogens is 212 g/mol. The van der Waals surface area contributed by atoms with E-state index in [-0.39, 0.29) is 6.61 Å². The minimum atomic E-state index is -0.394. The van der Waals surface area contributed by atoms with Gasteiger partial charge in [-0.15, -0.1) is 0 Å². The highest BCUT2D eigenvalue weighted by molar-refractivity contribution is 6.30. The molecule has 0 amide bonds. The van der Waals surface area contributed by atoms with Crippen molar-refractivity contribution in [1.82, 2.24) is 0 Å². The Morgan fingerprint density at radius 2 is 2.33 bits per heavy atom. The van der Waals surface area contributed by atoms with Crippen molar-refractivity contribution in [3.8, 4) is 0 Å². The van der Waals surface area contributed by atoms with Crippen LogP contribution in [0.4, 0.5) is 0 Å². The Kier molecular flexibility index (Phi) is 4.64. The van der Waals surface area contributed by atoms with E-state index < -0.39 is 5.97 Å². The van der Waals surface area contributed by atoms with Gasteiger partial charge in [0.05, 0.1) is 0 Å². The van der Waals surface area contributed by atoms with Crippen molar-refractivity contribution >= 4 is 23.6 Å². The molecular formula is C12H11ClO2. The van der Waals surface area contributed by atoms with Gasteiger partial charge in [0.25, 0.3) is 0 Å². The van der Waals surface area contributed by atoms with Gasteiger partial charge in [0, 0.05) is 11.1 Å². The number of hydrogen-bond acceptors (Lipinski definition) is 2. The minimum Gasteiger partial charge on any atom is -0.458 e. The molecule has 0 saturated heterocycles. The molecule has 0 heterocycles. The molecule has 1 aromatic rings. The van der Waals surface area contributed by atoms with Gasteiger partial charge >= 0.3 is 5.97 Å². The molecule has 0 bridgehead atoms. The molecule has 15 heavy (non-hydrogen) atoms. The van der Waals surface area contributed by atoms with Crippen LogP contribution < -0.4 is 0 Å². The second-order valence-corrected chi connectivity index (χ2v) is 3.24. The minimum absolute atomic E-state index is 0.221. The van der Waals surface area contributed by atoms with E-state index in [0.717, 1.165) is 5.56 Å². The van der Waals surface area contributed by atoms with Crippen LogP contribution in [0.3, 0.4) is 0 Å². The first kappa shape index (κ1) is 11.5. The number of esters is 1. The monoisotopic (exact) mass is 222 g/mol. The largest absolute Gasteiger partial charge is 0.458 e. The average molecular weight is 223 g/mol. The lowest BCUT2D eigenvalue weighted by Crippen LogP contribution is -1.99. The predicted molar refractivity (Wildman–Crippen MR) is 61.6 cm³/mol. The first-order chi connectivity index (χ1) is 7.22. The van der Waals surface area contributed by atoms with E-state index in [9.17, 15) is 4.79 Å². The highest BCUT2D eigenvalue weighted by Crippen LogP contribution is 2.11. The van der Waals surface area contributed by atoms with Gasteiger partial charge in [-0.2, -0.15) is 0 Å². The smallest absolute Gasteiger partial charge is 0.331 e. The molecule has 0 aromatic heterocycles. The van der Waals surface area contributed by atoms with Crippen LogP contribution in [0, 0.1) is 0 Å². The summed E-state index contributed by atoms with van der Waals surface area (Å²) in [6.45, 7) is 3.66. The maximum absolute atomic E-state index is 11.1. The molecule has 1 aromatic carbocycles. The van der Waals surface area contributed by atoms with Crippen LogP contribution in [0.2, 0.25) is 5.02 Å². The molecule has 0 N–H and O–H groups in total. The van der Waals surface area contributed by atoms with Crippen LogP contribution in [0.15, 0.2) is 43.0 Å². The Balaban J connectivity index is 2.57. The molecule has 2 nitrogen and oxygen atoms in total. The number of hydrogen-bond donors (Lipinski definition) is 0. The van der Waals surface area contributed by atoms with Gasteiger partial charge < -0.3 is 4.74 Å². The van der Waals surface area contributed by atoms with E-state index in [1.54, 1.807) is 18.2 Å². The van der Waals surface area contributed by atoms with Crippen molar-refractivity contribution < 1.29 is 9.53 Å². The highest BCUT2D eigenvalue weighted by atomic mass is 35.5. The number of carbonyl (C=O) groups excluding carboxylic acids is 1. The summed E-state index contributed by atoms with van der Waals surface area (Å²) in [7, 11) is 0. The van der Waals surface area contributed by atoms with Crippen molar-refractivity contribution in [2.75, 3.05) is 6.61 Å². The van der Waals surface area contributed by atoms with Crippen molar-refractivity contribution in [2.45, 2.75) is 0 Å². The lowest BCUT2D eigenvalue weighted by Gasteiger charge is -1.96. The normalized spacial score (nSPS) is 10.2. The van der Waals surface area contributed by atoms with Crippen molar-refractivity contribution in [1.29, 1.82) is 0 Å². The van der Waals surface area contributed by atoms with Gasteiger partial charge in [0.15, 0.2) is 0 Å². The Hall–Kier alpha value is -1.54. The van der Waals surface area contributed by atoms with E-state index in [0.29, 0.717) is 5.02 Å². The number of ether oxygens (including phenoxy) is 1. The fraction of sp³-hybridized carbons (Fsp3) is 0.0833. The number of rotatable bonds is 4. The van der Waals surface area contributed by atoms with Crippen LogP contribution in [0.25, 0.3) is 6.08 Å². The third kappa shape index (κ3) is 4.47. The Labute approximate surface area is 93.8 Å². The molecule has 0 spiro atoms. The summed E-state index contributed by atoms with van der Waals surface area (Å²) in [5.41, 5.74) is 0.859. The number of carbonyl (C=O) groups is 1. The van der Waals surface area contributed by atoms with E-state index in [4.69, 9.17) is 16.3 Å². The predicted octanol–water partition coefficient (Wildman–Crippen LogP) is 3.08. The standard InChI is InChI=1S/C12H11ClO2/c1-2-8-15-12(14)7-6-10-4-3-5-11(13)9-10/h2-7,9H,1,8H2. The summed E-state index contributed by atoms with van der Waals surface area (Å²) in [6.07, 6.45) is 4.53. The van der Waals surface area contributed by atoms with Gasteiger partial charge in [-0.1, -0.05) is 36.4 Å². The average Bonchev–Trinajstić information content (AvgIpc) is 2.23. The van der Waals surface area contributed by atoms with Crippen molar-refractivity contribution in [3.05, 3.63) is 53.6 Å². The van der Waals surface area contributed by atoms with Crippen LogP contribution >= 0.6 is 11.6 Å². The molecule has 0 aliphatic carbocycles. The molecule has 0 unspecified atom stereocenters. The van der Waals surface area contributed by atoms with Gasteiger partial charge in [-0.25, -0.2) is 4.79 Å². The molecule has 0 atom stereocenters. The SMILES string of the molecule is C=CCOC(=O)C=Cc1cccc(Cl)c1. The van der Waals surface area contributed by atoms with Gasteiger partial charge in [0.2, 0.25) is 0 Å². The van der Waals surface area contributed by atoms with Crippen LogP contribution in [0.1, 0.15) is 5.56 Å². The second kappa shape index (κ2) is 6.04. The molecule has 0 aliphatic rings. The third-order valence-corrected chi connectivity index (χ3v) is 1.84. The summed E-state index contributed by atoms with van der Waals surface area (Å²) in [5, 5.41) is 0.636. The zero-order chi connectivity index (χ0) is 11.1. The zero-order valence-corrected chi connectivity index (χ0v) is 8.91. The van der Waals surface area contributed by atoms with Crippen molar-refractivity contribution in [2.24, 2.45) is 0 Å². The molecule has 78 valence electrons. The van der Waals surface area contributed by atoms with Crippen LogP contribution in [-0.4, -0.2) is 12.6 Å². The van der Waals surface area contributed by atoms with Crippen molar-refractivity contribution in [3.63, 3.8) is 0 Å². The molecule has 0 aliphatic heterocycles. The Morgan fingerprint density at radius 1 is 1.53 bits per heavy atom. The highest BCUT2D eigenvalue weighted by Gasteiger charge is 1.94. The van der Waals surface area contributed by atoms with E-state index in [1.165, 1.54) is 12.2 Å². The fourth-order valence-corrected chi connectivity index (χ4v) is 1.16. The lowest BCUT2D eigenvalue weighted by atomic mass is 10.2. The summed E-state index contributed by atoms with van der Waals surface area (Å²) in [6, 6.07) is 7.20. The quantitative estimate of drug-likeness (QED) is 0.445. The third-order valence-electron chi connectivity index (χ3n) is 1.60. The Bertz CT molecular complexity index is 383. The fourth-order valence-electron chi connectivity index (χ4n) is 0.964. The molecule has 0 fully saturated rings. The summed E-state index contributed by atoms with van der Waals surface area (Å²) < 4.78 is 4.77. The molecule has 1 rings (SSSR count). The maximum atomic E-state index is 11.1. The van der Waals surface area contributed by atoms with Crippen LogP contribution in [-0.2, 0) is 9.53 Å². The number of halogens is 1. The molecule has 0 saturated carbocycles. The second-order valence-electron chi connectivity index (χ2n) is 2.81. The van der Waals surface area contributed by atoms with Gasteiger partial charge in [0.1, 0.15) is 6.61 Å². The van der Waals surface area contributed by atoms with E-state index in [1.807, 2.05) is 12.1 Å².